The highest BCUT2D eigenvalue weighted by Gasteiger charge is 2.26. The number of anilines is 1. The van der Waals surface area contributed by atoms with Gasteiger partial charge < -0.3 is 10.6 Å². The number of piperazine rings is 1. The van der Waals surface area contributed by atoms with Gasteiger partial charge in [-0.25, -0.2) is 4.39 Å². The molecule has 0 aliphatic carbocycles. The van der Waals surface area contributed by atoms with Crippen LogP contribution in [0.2, 0.25) is 0 Å². The summed E-state index contributed by atoms with van der Waals surface area (Å²) in [5.41, 5.74) is 8.02. The summed E-state index contributed by atoms with van der Waals surface area (Å²) < 4.78 is 13.4. The molecule has 1 saturated heterocycles. The van der Waals surface area contributed by atoms with Gasteiger partial charge in [0.1, 0.15) is 5.82 Å². The zero-order valence-electron chi connectivity index (χ0n) is 12.8. The van der Waals surface area contributed by atoms with Crippen molar-refractivity contribution in [2.75, 3.05) is 37.6 Å². The highest BCUT2D eigenvalue weighted by molar-refractivity contribution is 5.54. The van der Waals surface area contributed by atoms with Gasteiger partial charge in [0, 0.05) is 37.4 Å². The van der Waals surface area contributed by atoms with Gasteiger partial charge in [-0.05, 0) is 57.5 Å². The maximum Gasteiger partial charge on any atom is 0.123 e. The molecule has 0 radical (unpaired) electrons. The van der Waals surface area contributed by atoms with Crippen LogP contribution in [0.4, 0.5) is 10.1 Å². The molecular formula is C16H26FN3. The molecule has 0 spiro atoms. The summed E-state index contributed by atoms with van der Waals surface area (Å²) in [6.07, 6.45) is 0.729. The number of hydrogen-bond acceptors (Lipinski definition) is 3. The molecule has 1 heterocycles. The van der Waals surface area contributed by atoms with Crippen molar-refractivity contribution in [3.8, 4) is 0 Å². The minimum Gasteiger partial charge on any atom is -0.369 e. The van der Waals surface area contributed by atoms with Gasteiger partial charge in [0.2, 0.25) is 0 Å². The number of rotatable bonds is 3. The third-order valence-corrected chi connectivity index (χ3v) is 4.02. The number of hydrogen-bond donors (Lipinski definition) is 1. The van der Waals surface area contributed by atoms with E-state index < -0.39 is 0 Å². The fourth-order valence-electron chi connectivity index (χ4n) is 2.84. The van der Waals surface area contributed by atoms with Crippen molar-refractivity contribution in [2.24, 2.45) is 5.73 Å². The van der Waals surface area contributed by atoms with Crippen LogP contribution < -0.4 is 10.6 Å². The SMILES string of the molecule is CC(C)(C)N1CCN(c2ccc(F)cc2CCN)CC1. The highest BCUT2D eigenvalue weighted by atomic mass is 19.1. The van der Waals surface area contributed by atoms with Crippen LogP contribution in [0.25, 0.3) is 0 Å². The van der Waals surface area contributed by atoms with E-state index in [-0.39, 0.29) is 11.4 Å². The van der Waals surface area contributed by atoms with Crippen LogP contribution in [0.15, 0.2) is 18.2 Å². The van der Waals surface area contributed by atoms with Crippen molar-refractivity contribution in [3.05, 3.63) is 29.6 Å². The van der Waals surface area contributed by atoms with Gasteiger partial charge in [0.25, 0.3) is 0 Å². The van der Waals surface area contributed by atoms with Gasteiger partial charge in [-0.3, -0.25) is 4.90 Å². The lowest BCUT2D eigenvalue weighted by atomic mass is 10.0. The molecule has 3 nitrogen and oxygen atoms in total. The van der Waals surface area contributed by atoms with Gasteiger partial charge in [-0.2, -0.15) is 0 Å². The summed E-state index contributed by atoms with van der Waals surface area (Å²) in [6, 6.07) is 5.07. The largest absolute Gasteiger partial charge is 0.369 e. The van der Waals surface area contributed by atoms with E-state index in [2.05, 4.69) is 30.6 Å². The molecule has 4 heteroatoms. The normalized spacial score (nSPS) is 17.6. The molecule has 1 aliphatic heterocycles. The first-order valence-corrected chi connectivity index (χ1v) is 7.40. The molecular weight excluding hydrogens is 253 g/mol. The van der Waals surface area contributed by atoms with E-state index in [1.807, 2.05) is 6.07 Å². The summed E-state index contributed by atoms with van der Waals surface area (Å²) >= 11 is 0. The lowest BCUT2D eigenvalue weighted by molar-refractivity contribution is 0.128. The molecule has 0 amide bonds. The van der Waals surface area contributed by atoms with Crippen LogP contribution >= 0.6 is 0 Å². The Labute approximate surface area is 121 Å². The quantitative estimate of drug-likeness (QED) is 0.921. The first kappa shape index (κ1) is 15.3. The smallest absolute Gasteiger partial charge is 0.123 e. The van der Waals surface area contributed by atoms with E-state index >= 15 is 0 Å². The van der Waals surface area contributed by atoms with E-state index in [0.717, 1.165) is 43.9 Å². The van der Waals surface area contributed by atoms with Crippen LogP contribution in [-0.4, -0.2) is 43.2 Å². The average Bonchev–Trinajstić information content (AvgIpc) is 2.38. The van der Waals surface area contributed by atoms with Gasteiger partial charge in [0.15, 0.2) is 0 Å². The van der Waals surface area contributed by atoms with Crippen LogP contribution in [0, 0.1) is 5.82 Å². The van der Waals surface area contributed by atoms with Gasteiger partial charge in [-0.15, -0.1) is 0 Å². The summed E-state index contributed by atoms with van der Waals surface area (Å²) in [6.45, 7) is 11.4. The van der Waals surface area contributed by atoms with Crippen molar-refractivity contribution in [1.29, 1.82) is 0 Å². The standard InChI is InChI=1S/C16H26FN3/c1-16(2,3)20-10-8-19(9-11-20)15-5-4-14(17)12-13(15)6-7-18/h4-5,12H,6-11,18H2,1-3H3. The predicted molar refractivity (Wildman–Crippen MR) is 82.7 cm³/mol. The Kier molecular flexibility index (Phi) is 4.66. The Hall–Kier alpha value is -1.13. The monoisotopic (exact) mass is 279 g/mol. The second-order valence-corrected chi connectivity index (χ2v) is 6.46. The molecule has 0 aromatic heterocycles. The van der Waals surface area contributed by atoms with Crippen LogP contribution in [-0.2, 0) is 6.42 Å². The molecule has 112 valence electrons. The van der Waals surface area contributed by atoms with E-state index in [1.54, 1.807) is 12.1 Å². The van der Waals surface area contributed by atoms with Gasteiger partial charge in [0.05, 0.1) is 0 Å². The maximum atomic E-state index is 13.4. The molecule has 0 bridgehead atoms. The summed E-state index contributed by atoms with van der Waals surface area (Å²) in [4.78, 5) is 4.85. The van der Waals surface area contributed by atoms with Crippen molar-refractivity contribution >= 4 is 5.69 Å². The lowest BCUT2D eigenvalue weighted by Gasteiger charge is -2.43. The second-order valence-electron chi connectivity index (χ2n) is 6.46. The molecule has 0 atom stereocenters. The van der Waals surface area contributed by atoms with Crippen molar-refractivity contribution in [2.45, 2.75) is 32.7 Å². The zero-order chi connectivity index (χ0) is 14.8. The third kappa shape index (κ3) is 3.49. The lowest BCUT2D eigenvalue weighted by Crippen LogP contribution is -2.53. The molecule has 0 unspecified atom stereocenters. The van der Waals surface area contributed by atoms with Gasteiger partial charge in [-0.1, -0.05) is 0 Å². The number of benzene rings is 1. The zero-order valence-corrected chi connectivity index (χ0v) is 12.8. The van der Waals surface area contributed by atoms with Crippen LogP contribution in [0.5, 0.6) is 0 Å². The Bertz CT molecular complexity index is 446. The molecule has 1 aromatic rings. The minimum atomic E-state index is -0.175. The molecule has 2 N–H and O–H groups in total. The van der Waals surface area contributed by atoms with Crippen LogP contribution in [0.1, 0.15) is 26.3 Å². The Morgan fingerprint density at radius 1 is 1.15 bits per heavy atom. The Morgan fingerprint density at radius 3 is 2.35 bits per heavy atom. The van der Waals surface area contributed by atoms with Crippen molar-refractivity contribution in [1.82, 2.24) is 4.90 Å². The first-order chi connectivity index (χ1) is 9.41. The fraction of sp³-hybridized carbons (Fsp3) is 0.625. The number of nitrogens with two attached hydrogens (primary N) is 1. The van der Waals surface area contributed by atoms with Crippen molar-refractivity contribution in [3.63, 3.8) is 0 Å². The molecule has 1 fully saturated rings. The molecule has 20 heavy (non-hydrogen) atoms. The summed E-state index contributed by atoms with van der Waals surface area (Å²) in [5.74, 6) is -0.175. The summed E-state index contributed by atoms with van der Waals surface area (Å²) in [7, 11) is 0. The van der Waals surface area contributed by atoms with Crippen molar-refractivity contribution < 1.29 is 4.39 Å². The molecule has 1 aromatic carbocycles. The first-order valence-electron chi connectivity index (χ1n) is 7.40. The molecule has 1 aliphatic rings. The predicted octanol–water partition coefficient (Wildman–Crippen LogP) is 2.25. The Balaban J connectivity index is 2.10. The van der Waals surface area contributed by atoms with E-state index in [9.17, 15) is 4.39 Å². The molecule has 0 saturated carbocycles. The van der Waals surface area contributed by atoms with E-state index in [1.165, 1.54) is 0 Å². The molecule has 2 rings (SSSR count). The van der Waals surface area contributed by atoms with E-state index in [0.29, 0.717) is 6.54 Å². The number of halogens is 1. The number of nitrogens with zero attached hydrogens (tertiary/aromatic N) is 2. The van der Waals surface area contributed by atoms with Gasteiger partial charge >= 0.3 is 0 Å². The van der Waals surface area contributed by atoms with Crippen LogP contribution in [0.3, 0.4) is 0 Å². The average molecular weight is 279 g/mol. The maximum absolute atomic E-state index is 13.4. The minimum absolute atomic E-state index is 0.175. The highest BCUT2D eigenvalue weighted by Crippen LogP contribution is 2.25. The fourth-order valence-corrected chi connectivity index (χ4v) is 2.84. The Morgan fingerprint density at radius 2 is 1.80 bits per heavy atom. The third-order valence-electron chi connectivity index (χ3n) is 4.02. The second kappa shape index (κ2) is 6.10. The van der Waals surface area contributed by atoms with E-state index in [4.69, 9.17) is 5.73 Å². The topological polar surface area (TPSA) is 32.5 Å². The summed E-state index contributed by atoms with van der Waals surface area (Å²) in [5, 5.41) is 0.